The van der Waals surface area contributed by atoms with Gasteiger partial charge in [0.25, 0.3) is 0 Å². The third kappa shape index (κ3) is 3.58. The Hall–Kier alpha value is -4.22. The summed E-state index contributed by atoms with van der Waals surface area (Å²) < 4.78 is 0. The van der Waals surface area contributed by atoms with Gasteiger partial charge in [-0.1, -0.05) is 72.8 Å². The van der Waals surface area contributed by atoms with Gasteiger partial charge in [0.15, 0.2) is 0 Å². The van der Waals surface area contributed by atoms with Crippen molar-refractivity contribution in [1.82, 2.24) is 9.97 Å². The van der Waals surface area contributed by atoms with Gasteiger partial charge in [0.1, 0.15) is 0 Å². The monoisotopic (exact) mass is 406 g/mol. The molecule has 6 aromatic rings. The maximum Gasteiger partial charge on any atom is 0.0730 e. The number of fused-ring (bicyclic) bond motifs is 4. The lowest BCUT2D eigenvalue weighted by Gasteiger charge is -2.05. The molecule has 6 rings (SSSR count). The number of anilines is 2. The fourth-order valence-corrected chi connectivity index (χ4v) is 3.75. The van der Waals surface area contributed by atoms with E-state index in [-0.39, 0.29) is 5.48 Å². The standard InChI is InChI=1S/2C13H10N2.H2O/c2*14-13-9-5-1-3-7-11(9)15-12-8-4-2-6-10(12)13;/h2*1-8H,(H2,14,15);1H2. The zero-order chi connectivity index (χ0) is 20.5. The SMILES string of the molecule is Nc1c2ccccc2nc2ccccc12.Nc1c2ccccc2nc2ccccc12.O. The van der Waals surface area contributed by atoms with Crippen LogP contribution in [0, 0.1) is 0 Å². The highest BCUT2D eigenvalue weighted by atomic mass is 16.0. The summed E-state index contributed by atoms with van der Waals surface area (Å²) in [6.45, 7) is 0. The van der Waals surface area contributed by atoms with E-state index >= 15 is 0 Å². The first-order chi connectivity index (χ1) is 14.7. The van der Waals surface area contributed by atoms with Crippen molar-refractivity contribution in [2.75, 3.05) is 11.5 Å². The minimum Gasteiger partial charge on any atom is -0.412 e. The van der Waals surface area contributed by atoms with Crippen molar-refractivity contribution >= 4 is 55.0 Å². The Kier molecular flexibility index (Phi) is 5.35. The summed E-state index contributed by atoms with van der Waals surface area (Å²) in [4.78, 5) is 9.12. The van der Waals surface area contributed by atoms with Gasteiger partial charge >= 0.3 is 0 Å². The first-order valence-electron chi connectivity index (χ1n) is 9.78. The van der Waals surface area contributed by atoms with Crippen molar-refractivity contribution in [3.63, 3.8) is 0 Å². The highest BCUT2D eigenvalue weighted by Gasteiger charge is 2.05. The molecule has 0 bridgehead atoms. The summed E-state index contributed by atoms with van der Waals surface area (Å²) in [5, 5.41) is 4.10. The number of benzene rings is 4. The van der Waals surface area contributed by atoms with Crippen molar-refractivity contribution in [2.45, 2.75) is 0 Å². The minimum absolute atomic E-state index is 0. The quantitative estimate of drug-likeness (QED) is 0.341. The summed E-state index contributed by atoms with van der Waals surface area (Å²) in [6, 6.07) is 31.8. The predicted octanol–water partition coefficient (Wildman–Crippen LogP) is 5.12. The molecule has 0 amide bonds. The van der Waals surface area contributed by atoms with Gasteiger partial charge < -0.3 is 16.9 Å². The summed E-state index contributed by atoms with van der Waals surface area (Å²) in [5.41, 5.74) is 17.7. The molecule has 0 saturated carbocycles. The molecule has 4 aromatic carbocycles. The van der Waals surface area contributed by atoms with Crippen molar-refractivity contribution in [1.29, 1.82) is 0 Å². The largest absolute Gasteiger partial charge is 0.412 e. The molecule has 0 aliphatic carbocycles. The Morgan fingerprint density at radius 3 is 0.871 bits per heavy atom. The molecule has 0 spiro atoms. The van der Waals surface area contributed by atoms with Crippen LogP contribution in [0.15, 0.2) is 97.1 Å². The van der Waals surface area contributed by atoms with Crippen LogP contribution in [0.25, 0.3) is 43.6 Å². The molecule has 2 heterocycles. The number of para-hydroxylation sites is 4. The fraction of sp³-hybridized carbons (Fsp3) is 0. The molecule has 6 N–H and O–H groups in total. The highest BCUT2D eigenvalue weighted by molar-refractivity contribution is 6.07. The highest BCUT2D eigenvalue weighted by Crippen LogP contribution is 2.28. The third-order valence-electron chi connectivity index (χ3n) is 5.26. The average Bonchev–Trinajstić information content (AvgIpc) is 2.80. The Morgan fingerprint density at radius 1 is 0.387 bits per heavy atom. The van der Waals surface area contributed by atoms with Crippen molar-refractivity contribution in [3.05, 3.63) is 97.1 Å². The molecule has 0 radical (unpaired) electrons. The summed E-state index contributed by atoms with van der Waals surface area (Å²) in [7, 11) is 0. The van der Waals surface area contributed by atoms with E-state index in [9.17, 15) is 0 Å². The van der Waals surface area contributed by atoms with E-state index in [1.165, 1.54) is 0 Å². The average molecular weight is 406 g/mol. The second-order valence-corrected chi connectivity index (χ2v) is 7.12. The Morgan fingerprint density at radius 2 is 0.613 bits per heavy atom. The molecular weight excluding hydrogens is 384 g/mol. The number of nitrogen functional groups attached to an aromatic ring is 2. The van der Waals surface area contributed by atoms with Crippen molar-refractivity contribution in [3.8, 4) is 0 Å². The first-order valence-corrected chi connectivity index (χ1v) is 9.78. The number of aromatic nitrogens is 2. The molecule has 0 saturated heterocycles. The van der Waals surface area contributed by atoms with E-state index in [0.717, 1.165) is 55.0 Å². The first kappa shape index (κ1) is 20.1. The van der Waals surface area contributed by atoms with Crippen LogP contribution in [0.2, 0.25) is 0 Å². The topological polar surface area (TPSA) is 109 Å². The van der Waals surface area contributed by atoms with Gasteiger partial charge in [-0.25, -0.2) is 9.97 Å². The van der Waals surface area contributed by atoms with Crippen LogP contribution < -0.4 is 11.5 Å². The van der Waals surface area contributed by atoms with Gasteiger partial charge in [-0.3, -0.25) is 0 Å². The summed E-state index contributed by atoms with van der Waals surface area (Å²) >= 11 is 0. The van der Waals surface area contributed by atoms with E-state index in [1.807, 2.05) is 97.1 Å². The van der Waals surface area contributed by atoms with Crippen LogP contribution in [0.4, 0.5) is 11.4 Å². The predicted molar refractivity (Wildman–Crippen MR) is 131 cm³/mol. The Bertz CT molecular complexity index is 1300. The maximum atomic E-state index is 6.11. The van der Waals surface area contributed by atoms with Gasteiger partial charge in [-0.2, -0.15) is 0 Å². The normalized spacial score (nSPS) is 10.6. The van der Waals surface area contributed by atoms with Crippen LogP contribution >= 0.6 is 0 Å². The molecule has 5 nitrogen and oxygen atoms in total. The molecule has 0 fully saturated rings. The number of pyridine rings is 2. The van der Waals surface area contributed by atoms with Crippen LogP contribution in [0.5, 0.6) is 0 Å². The second kappa shape index (κ2) is 8.26. The number of nitrogens with zero attached hydrogens (tertiary/aromatic N) is 2. The molecule has 152 valence electrons. The maximum absolute atomic E-state index is 6.11. The van der Waals surface area contributed by atoms with E-state index in [4.69, 9.17) is 11.5 Å². The molecular formula is C26H22N4O. The Balaban J connectivity index is 0.000000144. The fourth-order valence-electron chi connectivity index (χ4n) is 3.75. The molecule has 2 aromatic heterocycles. The zero-order valence-electron chi connectivity index (χ0n) is 16.8. The zero-order valence-corrected chi connectivity index (χ0v) is 16.8. The summed E-state index contributed by atoms with van der Waals surface area (Å²) in [5.74, 6) is 0. The molecule has 31 heavy (non-hydrogen) atoms. The van der Waals surface area contributed by atoms with Crippen LogP contribution in [0.1, 0.15) is 0 Å². The number of rotatable bonds is 0. The van der Waals surface area contributed by atoms with E-state index in [2.05, 4.69) is 9.97 Å². The molecule has 0 atom stereocenters. The molecule has 0 unspecified atom stereocenters. The molecule has 0 aliphatic rings. The van der Waals surface area contributed by atoms with Gasteiger partial charge in [0, 0.05) is 21.5 Å². The third-order valence-corrected chi connectivity index (χ3v) is 5.26. The molecule has 5 heteroatoms. The minimum atomic E-state index is 0. The Labute approximate surface area is 179 Å². The number of hydrogen-bond donors (Lipinski definition) is 2. The van der Waals surface area contributed by atoms with Crippen LogP contribution in [-0.4, -0.2) is 15.4 Å². The summed E-state index contributed by atoms with van der Waals surface area (Å²) in [6.07, 6.45) is 0. The van der Waals surface area contributed by atoms with Crippen molar-refractivity contribution < 1.29 is 5.48 Å². The van der Waals surface area contributed by atoms with Gasteiger partial charge in [-0.15, -0.1) is 0 Å². The smallest absolute Gasteiger partial charge is 0.0730 e. The van der Waals surface area contributed by atoms with Crippen LogP contribution in [0.3, 0.4) is 0 Å². The van der Waals surface area contributed by atoms with E-state index in [1.54, 1.807) is 0 Å². The lowest BCUT2D eigenvalue weighted by atomic mass is 10.1. The van der Waals surface area contributed by atoms with Gasteiger partial charge in [0.2, 0.25) is 0 Å². The number of nitrogens with two attached hydrogens (primary N) is 2. The van der Waals surface area contributed by atoms with Gasteiger partial charge in [0.05, 0.1) is 33.4 Å². The number of hydrogen-bond acceptors (Lipinski definition) is 4. The molecule has 0 aliphatic heterocycles. The van der Waals surface area contributed by atoms with Crippen molar-refractivity contribution in [2.24, 2.45) is 0 Å². The van der Waals surface area contributed by atoms with E-state index < -0.39 is 0 Å². The lowest BCUT2D eigenvalue weighted by Crippen LogP contribution is -1.91. The van der Waals surface area contributed by atoms with Crippen LogP contribution in [-0.2, 0) is 0 Å². The van der Waals surface area contributed by atoms with Gasteiger partial charge in [-0.05, 0) is 24.3 Å². The lowest BCUT2D eigenvalue weighted by molar-refractivity contribution is 0.824. The van der Waals surface area contributed by atoms with E-state index in [0.29, 0.717) is 0 Å². The second-order valence-electron chi connectivity index (χ2n) is 7.12.